The van der Waals surface area contributed by atoms with Crippen molar-refractivity contribution in [3.05, 3.63) is 35.9 Å². The van der Waals surface area contributed by atoms with E-state index in [1.807, 2.05) is 12.1 Å². The molecule has 0 saturated heterocycles. The molecule has 0 fully saturated rings. The van der Waals surface area contributed by atoms with Crippen molar-refractivity contribution in [1.82, 2.24) is 4.90 Å². The monoisotopic (exact) mass is 418 g/mol. The van der Waals surface area contributed by atoms with Gasteiger partial charge in [-0.05, 0) is 53.5 Å². The molecule has 2 amide bonds. The van der Waals surface area contributed by atoms with Crippen molar-refractivity contribution in [3.63, 3.8) is 0 Å². The zero-order valence-corrected chi connectivity index (χ0v) is 18.4. The van der Waals surface area contributed by atoms with E-state index in [9.17, 15) is 14.4 Å². The Morgan fingerprint density at radius 3 is 1.90 bits per heavy atom. The van der Waals surface area contributed by atoms with E-state index in [-0.39, 0.29) is 19.4 Å². The smallest absolute Gasteiger partial charge is 0.420 e. The van der Waals surface area contributed by atoms with E-state index in [4.69, 9.17) is 19.5 Å². The fourth-order valence-corrected chi connectivity index (χ4v) is 2.33. The summed E-state index contributed by atoms with van der Waals surface area (Å²) in [5, 5.41) is 8.98. The summed E-state index contributed by atoms with van der Waals surface area (Å²) < 4.78 is 15.9. The maximum atomic E-state index is 12.8. The number of nitriles is 1. The van der Waals surface area contributed by atoms with E-state index in [0.717, 1.165) is 5.56 Å². The van der Waals surface area contributed by atoms with Crippen LogP contribution in [0.4, 0.5) is 9.59 Å². The van der Waals surface area contributed by atoms with E-state index in [2.05, 4.69) is 0 Å². The summed E-state index contributed by atoms with van der Waals surface area (Å²) in [6, 6.07) is 9.52. The lowest BCUT2D eigenvalue weighted by Crippen LogP contribution is -2.52. The molecule has 1 atom stereocenters. The Labute approximate surface area is 177 Å². The second kappa shape index (κ2) is 10.6. The molecule has 0 aliphatic heterocycles. The first-order chi connectivity index (χ1) is 13.8. The van der Waals surface area contributed by atoms with Crippen LogP contribution in [0.15, 0.2) is 30.3 Å². The van der Waals surface area contributed by atoms with Gasteiger partial charge in [0, 0.05) is 6.42 Å². The van der Waals surface area contributed by atoms with E-state index in [1.165, 1.54) is 0 Å². The van der Waals surface area contributed by atoms with Crippen molar-refractivity contribution in [2.75, 3.05) is 0 Å². The van der Waals surface area contributed by atoms with Crippen LogP contribution < -0.4 is 0 Å². The van der Waals surface area contributed by atoms with Crippen molar-refractivity contribution in [3.8, 4) is 6.07 Å². The highest BCUT2D eigenvalue weighted by molar-refractivity contribution is 5.94. The Hall–Kier alpha value is -3.08. The average molecular weight is 418 g/mol. The lowest BCUT2D eigenvalue weighted by Gasteiger charge is -2.32. The molecule has 30 heavy (non-hydrogen) atoms. The van der Waals surface area contributed by atoms with E-state index >= 15 is 0 Å². The number of rotatable bonds is 6. The molecule has 0 N–H and O–H groups in total. The molecule has 0 radical (unpaired) electrons. The van der Waals surface area contributed by atoms with Gasteiger partial charge in [0.25, 0.3) is 0 Å². The fourth-order valence-electron chi connectivity index (χ4n) is 2.33. The van der Waals surface area contributed by atoms with Crippen LogP contribution in [-0.4, -0.2) is 40.3 Å². The molecule has 1 rings (SSSR count). The summed E-state index contributed by atoms with van der Waals surface area (Å²) in [4.78, 5) is 39.0. The minimum absolute atomic E-state index is 0.0425. The second-order valence-corrected chi connectivity index (χ2v) is 8.64. The molecule has 1 aromatic rings. The van der Waals surface area contributed by atoms with Crippen LogP contribution in [0.25, 0.3) is 0 Å². The Morgan fingerprint density at radius 2 is 1.47 bits per heavy atom. The minimum Gasteiger partial charge on any atom is -0.459 e. The van der Waals surface area contributed by atoms with Gasteiger partial charge in [0.1, 0.15) is 23.9 Å². The molecule has 8 nitrogen and oxygen atoms in total. The van der Waals surface area contributed by atoms with Crippen LogP contribution in [0, 0.1) is 11.3 Å². The molecule has 0 aromatic heterocycles. The number of ether oxygens (including phenoxy) is 3. The van der Waals surface area contributed by atoms with Gasteiger partial charge >= 0.3 is 18.2 Å². The third kappa shape index (κ3) is 8.95. The number of amides is 2. The predicted octanol–water partition coefficient (Wildman–Crippen LogP) is 4.57. The van der Waals surface area contributed by atoms with Crippen molar-refractivity contribution < 1.29 is 28.6 Å². The van der Waals surface area contributed by atoms with Crippen molar-refractivity contribution in [2.45, 2.75) is 78.2 Å². The molecular formula is C22H30N2O6. The van der Waals surface area contributed by atoms with Crippen LogP contribution >= 0.6 is 0 Å². The Bertz CT molecular complexity index is 744. The molecule has 8 heteroatoms. The molecule has 0 spiro atoms. The van der Waals surface area contributed by atoms with Crippen LogP contribution in [0.1, 0.15) is 59.9 Å². The van der Waals surface area contributed by atoms with Crippen molar-refractivity contribution in [2.24, 2.45) is 0 Å². The summed E-state index contributed by atoms with van der Waals surface area (Å²) in [5.74, 6) is -0.828. The van der Waals surface area contributed by atoms with Gasteiger partial charge in [0.15, 0.2) is 0 Å². The first-order valence-corrected chi connectivity index (χ1v) is 9.67. The molecule has 1 aromatic carbocycles. The molecule has 0 bridgehead atoms. The standard InChI is InChI=1S/C22H30N2O6/c1-21(2,3)29-19(26)24(20(27)30-22(4,5)6)17(13-10-14-23)18(25)28-15-16-11-8-7-9-12-16/h7-9,11-12,17H,10,13,15H2,1-6H3. The van der Waals surface area contributed by atoms with E-state index < -0.39 is 35.4 Å². The number of nitrogens with zero attached hydrogens (tertiary/aromatic N) is 2. The summed E-state index contributed by atoms with van der Waals surface area (Å²) in [7, 11) is 0. The van der Waals surface area contributed by atoms with Crippen LogP contribution in [0.3, 0.4) is 0 Å². The third-order valence-electron chi connectivity index (χ3n) is 3.52. The lowest BCUT2D eigenvalue weighted by atomic mass is 10.1. The Morgan fingerprint density at radius 1 is 0.967 bits per heavy atom. The first kappa shape index (κ1) is 25.0. The molecule has 0 aliphatic rings. The summed E-state index contributed by atoms with van der Waals surface area (Å²) >= 11 is 0. The maximum absolute atomic E-state index is 12.8. The number of hydrogen-bond acceptors (Lipinski definition) is 7. The molecule has 1 unspecified atom stereocenters. The van der Waals surface area contributed by atoms with Crippen molar-refractivity contribution >= 4 is 18.2 Å². The van der Waals surface area contributed by atoms with Crippen LogP contribution in [-0.2, 0) is 25.6 Å². The van der Waals surface area contributed by atoms with Crippen LogP contribution in [0.5, 0.6) is 0 Å². The van der Waals surface area contributed by atoms with Gasteiger partial charge in [-0.1, -0.05) is 30.3 Å². The van der Waals surface area contributed by atoms with Gasteiger partial charge < -0.3 is 14.2 Å². The minimum atomic E-state index is -1.36. The summed E-state index contributed by atoms with van der Waals surface area (Å²) in [5.41, 5.74) is -1.08. The van der Waals surface area contributed by atoms with Gasteiger partial charge in [-0.25, -0.2) is 14.4 Å². The van der Waals surface area contributed by atoms with E-state index in [1.54, 1.807) is 65.8 Å². The van der Waals surface area contributed by atoms with Gasteiger partial charge in [-0.15, -0.1) is 0 Å². The number of benzene rings is 1. The number of hydrogen-bond donors (Lipinski definition) is 0. The largest absolute Gasteiger partial charge is 0.459 e. The highest BCUT2D eigenvalue weighted by atomic mass is 16.6. The average Bonchev–Trinajstić information content (AvgIpc) is 2.60. The number of carbonyl (C=O) groups is 3. The number of esters is 1. The van der Waals surface area contributed by atoms with Gasteiger partial charge in [-0.3, -0.25) is 0 Å². The fraction of sp³-hybridized carbons (Fsp3) is 0.545. The molecule has 164 valence electrons. The van der Waals surface area contributed by atoms with Crippen molar-refractivity contribution in [1.29, 1.82) is 5.26 Å². The van der Waals surface area contributed by atoms with E-state index in [0.29, 0.717) is 4.90 Å². The first-order valence-electron chi connectivity index (χ1n) is 9.67. The molecule has 0 heterocycles. The second-order valence-electron chi connectivity index (χ2n) is 8.64. The predicted molar refractivity (Wildman–Crippen MR) is 109 cm³/mol. The summed E-state index contributed by atoms with van der Waals surface area (Å²) in [6.45, 7) is 9.77. The number of imide groups is 1. The quantitative estimate of drug-likeness (QED) is 0.492. The maximum Gasteiger partial charge on any atom is 0.420 e. The lowest BCUT2D eigenvalue weighted by molar-refractivity contribution is -0.151. The van der Waals surface area contributed by atoms with Crippen LogP contribution in [0.2, 0.25) is 0 Å². The normalized spacial score (nSPS) is 12.3. The van der Waals surface area contributed by atoms with Gasteiger partial charge in [-0.2, -0.15) is 10.2 Å². The molecule has 0 aliphatic carbocycles. The summed E-state index contributed by atoms with van der Waals surface area (Å²) in [6.07, 6.45) is -2.27. The third-order valence-corrected chi connectivity index (χ3v) is 3.52. The number of carbonyl (C=O) groups excluding carboxylic acids is 3. The highest BCUT2D eigenvalue weighted by Gasteiger charge is 2.40. The highest BCUT2D eigenvalue weighted by Crippen LogP contribution is 2.20. The van der Waals surface area contributed by atoms with Gasteiger partial charge in [0.05, 0.1) is 6.07 Å². The topological polar surface area (TPSA) is 106 Å². The van der Waals surface area contributed by atoms with Gasteiger partial charge in [0.2, 0.25) is 0 Å². The molecule has 0 saturated carbocycles. The Balaban J connectivity index is 3.16. The zero-order valence-electron chi connectivity index (χ0n) is 18.4. The Kier molecular flexibility index (Phi) is 8.84. The molecular weight excluding hydrogens is 388 g/mol. The zero-order chi connectivity index (χ0) is 22.9. The SMILES string of the molecule is CC(C)(C)OC(=O)N(C(=O)OC(C)(C)C)C(CCC#N)C(=O)OCc1ccccc1.